The highest BCUT2D eigenvalue weighted by Gasteiger charge is 2.35. The normalized spacial score (nSPS) is 20.4. The second-order valence-electron chi connectivity index (χ2n) is 5.37. The fourth-order valence-electron chi connectivity index (χ4n) is 2.61. The number of non-ortho nitro benzene ring substituents is 1. The monoisotopic (exact) mass is 303 g/mol. The van der Waals surface area contributed by atoms with Crippen LogP contribution in [0.3, 0.4) is 0 Å². The predicted molar refractivity (Wildman–Crippen MR) is 76.6 cm³/mol. The second-order valence-corrected chi connectivity index (χ2v) is 5.37. The lowest BCUT2D eigenvalue weighted by atomic mass is 9.80. The maximum Gasteiger partial charge on any atom is 0.306 e. The molecular formula is C14H13N3O5. The summed E-state index contributed by atoms with van der Waals surface area (Å²) in [5.74, 6) is -1.62. The zero-order chi connectivity index (χ0) is 15.9. The number of carboxylic acids is 1. The molecule has 3 rings (SSSR count). The van der Waals surface area contributed by atoms with Gasteiger partial charge in [-0.2, -0.15) is 0 Å². The fourth-order valence-corrected chi connectivity index (χ4v) is 2.61. The number of H-pyrrole nitrogens is 1. The number of aromatic nitrogens is 1. The number of carbonyl (C=O) groups is 2. The number of nitrogens with one attached hydrogen (secondary N) is 2. The summed E-state index contributed by atoms with van der Waals surface area (Å²) in [6.07, 6.45) is 2.31. The topological polar surface area (TPSA) is 125 Å². The van der Waals surface area contributed by atoms with Crippen LogP contribution in [0.1, 0.15) is 23.2 Å². The van der Waals surface area contributed by atoms with Gasteiger partial charge in [-0.1, -0.05) is 0 Å². The van der Waals surface area contributed by atoms with Crippen LogP contribution in [0, 0.1) is 16.0 Å². The van der Waals surface area contributed by atoms with Crippen molar-refractivity contribution in [1.29, 1.82) is 0 Å². The van der Waals surface area contributed by atoms with Gasteiger partial charge >= 0.3 is 5.97 Å². The molecule has 8 heteroatoms. The third kappa shape index (κ3) is 2.39. The number of aromatic amines is 1. The Kier molecular flexibility index (Phi) is 3.28. The van der Waals surface area contributed by atoms with Crippen molar-refractivity contribution in [3.05, 3.63) is 40.1 Å². The van der Waals surface area contributed by atoms with Crippen LogP contribution in [-0.4, -0.2) is 32.9 Å². The zero-order valence-electron chi connectivity index (χ0n) is 11.4. The lowest BCUT2D eigenvalue weighted by Crippen LogP contribution is -2.46. The molecule has 1 aromatic carbocycles. The van der Waals surface area contributed by atoms with Gasteiger partial charge in [0.05, 0.1) is 16.4 Å². The first kappa shape index (κ1) is 14.1. The maximum absolute atomic E-state index is 12.2. The van der Waals surface area contributed by atoms with E-state index in [2.05, 4.69) is 10.3 Å². The van der Waals surface area contributed by atoms with Crippen LogP contribution in [0.15, 0.2) is 24.4 Å². The molecule has 3 N–H and O–H groups in total. The van der Waals surface area contributed by atoms with Crippen LogP contribution in [-0.2, 0) is 4.79 Å². The van der Waals surface area contributed by atoms with Crippen LogP contribution >= 0.6 is 0 Å². The third-order valence-electron chi connectivity index (χ3n) is 3.94. The molecule has 1 aromatic heterocycles. The molecule has 2 aromatic rings. The van der Waals surface area contributed by atoms with Crippen LogP contribution in [0.25, 0.3) is 10.9 Å². The Labute approximate surface area is 124 Å². The van der Waals surface area contributed by atoms with Crippen molar-refractivity contribution in [3.63, 3.8) is 0 Å². The van der Waals surface area contributed by atoms with Gasteiger partial charge in [-0.05, 0) is 18.9 Å². The standard InChI is InChI=1S/C14H13N3O5/c18-13(16-8-3-7(4-8)14(19)20)11-6-15-12-2-1-9(17(21)22)5-10(11)12/h1-2,5-8,15H,3-4H2,(H,16,18)(H,19,20). The lowest BCUT2D eigenvalue weighted by Gasteiger charge is -2.32. The maximum atomic E-state index is 12.2. The highest BCUT2D eigenvalue weighted by molar-refractivity contribution is 6.07. The Morgan fingerprint density at radius 1 is 1.36 bits per heavy atom. The molecule has 0 radical (unpaired) electrons. The summed E-state index contributed by atoms with van der Waals surface area (Å²) in [4.78, 5) is 36.2. The molecule has 22 heavy (non-hydrogen) atoms. The van der Waals surface area contributed by atoms with E-state index in [1.807, 2.05) is 0 Å². The Morgan fingerprint density at radius 3 is 2.73 bits per heavy atom. The van der Waals surface area contributed by atoms with Gasteiger partial charge in [0, 0.05) is 35.3 Å². The number of rotatable bonds is 4. The van der Waals surface area contributed by atoms with E-state index < -0.39 is 16.8 Å². The first-order valence-electron chi connectivity index (χ1n) is 6.75. The molecule has 0 saturated heterocycles. The molecule has 1 fully saturated rings. The Bertz CT molecular complexity index is 776. The molecule has 8 nitrogen and oxygen atoms in total. The van der Waals surface area contributed by atoms with E-state index in [0.717, 1.165) is 0 Å². The van der Waals surface area contributed by atoms with Crippen LogP contribution in [0.5, 0.6) is 0 Å². The van der Waals surface area contributed by atoms with Crippen LogP contribution < -0.4 is 5.32 Å². The summed E-state index contributed by atoms with van der Waals surface area (Å²) >= 11 is 0. The highest BCUT2D eigenvalue weighted by Crippen LogP contribution is 2.29. The summed E-state index contributed by atoms with van der Waals surface area (Å²) in [5.41, 5.74) is 0.862. The first-order chi connectivity index (χ1) is 10.5. The van der Waals surface area contributed by atoms with E-state index in [1.54, 1.807) is 6.07 Å². The van der Waals surface area contributed by atoms with Gasteiger partial charge in [-0.25, -0.2) is 0 Å². The van der Waals surface area contributed by atoms with E-state index in [0.29, 0.717) is 29.3 Å². The van der Waals surface area contributed by atoms with Crippen molar-refractivity contribution < 1.29 is 19.6 Å². The van der Waals surface area contributed by atoms with Crippen molar-refractivity contribution in [2.75, 3.05) is 0 Å². The number of nitro benzene ring substituents is 1. The van der Waals surface area contributed by atoms with E-state index in [4.69, 9.17) is 5.11 Å². The molecule has 1 heterocycles. The minimum Gasteiger partial charge on any atom is -0.481 e. The predicted octanol–water partition coefficient (Wildman–Crippen LogP) is 1.67. The summed E-state index contributed by atoms with van der Waals surface area (Å²) < 4.78 is 0. The summed E-state index contributed by atoms with van der Waals surface area (Å²) in [6.45, 7) is 0. The number of amides is 1. The molecule has 0 unspecified atom stereocenters. The number of fused-ring (bicyclic) bond motifs is 1. The van der Waals surface area contributed by atoms with Gasteiger partial charge in [-0.3, -0.25) is 19.7 Å². The molecule has 1 aliphatic carbocycles. The third-order valence-corrected chi connectivity index (χ3v) is 3.94. The Hall–Kier alpha value is -2.90. The largest absolute Gasteiger partial charge is 0.481 e. The molecule has 0 bridgehead atoms. The molecule has 1 amide bonds. The number of hydrogen-bond donors (Lipinski definition) is 3. The van der Waals surface area contributed by atoms with Gasteiger partial charge in [0.15, 0.2) is 0 Å². The fraction of sp³-hybridized carbons (Fsp3) is 0.286. The lowest BCUT2D eigenvalue weighted by molar-refractivity contribution is -0.384. The van der Waals surface area contributed by atoms with Crippen molar-refractivity contribution >= 4 is 28.5 Å². The summed E-state index contributed by atoms with van der Waals surface area (Å²) in [7, 11) is 0. The Morgan fingerprint density at radius 2 is 2.09 bits per heavy atom. The SMILES string of the molecule is O=C(NC1CC(C(=O)O)C1)c1c[nH]c2ccc([N+](=O)[O-])cc12. The summed E-state index contributed by atoms with van der Waals surface area (Å²) in [6, 6.07) is 4.09. The molecule has 1 saturated carbocycles. The molecule has 0 atom stereocenters. The molecule has 0 spiro atoms. The number of benzene rings is 1. The van der Waals surface area contributed by atoms with E-state index >= 15 is 0 Å². The number of hydrogen-bond acceptors (Lipinski definition) is 4. The summed E-state index contributed by atoms with van der Waals surface area (Å²) in [5, 5.41) is 22.9. The average molecular weight is 303 g/mol. The van der Waals surface area contributed by atoms with E-state index in [9.17, 15) is 19.7 Å². The van der Waals surface area contributed by atoms with Crippen molar-refractivity contribution in [2.45, 2.75) is 18.9 Å². The van der Waals surface area contributed by atoms with Gasteiger partial charge in [0.25, 0.3) is 11.6 Å². The number of aliphatic carboxylic acids is 1. The molecular weight excluding hydrogens is 290 g/mol. The number of nitro groups is 1. The number of carboxylic acid groups (broad SMARTS) is 1. The zero-order valence-corrected chi connectivity index (χ0v) is 11.4. The van der Waals surface area contributed by atoms with Gasteiger partial charge < -0.3 is 15.4 Å². The van der Waals surface area contributed by atoms with E-state index in [-0.39, 0.29) is 17.6 Å². The highest BCUT2D eigenvalue weighted by atomic mass is 16.6. The number of nitrogens with zero attached hydrogens (tertiary/aromatic N) is 1. The quantitative estimate of drug-likeness (QED) is 0.585. The average Bonchev–Trinajstić information content (AvgIpc) is 2.84. The van der Waals surface area contributed by atoms with Gasteiger partial charge in [0.1, 0.15) is 0 Å². The van der Waals surface area contributed by atoms with E-state index in [1.165, 1.54) is 18.3 Å². The first-order valence-corrected chi connectivity index (χ1v) is 6.75. The van der Waals surface area contributed by atoms with Crippen molar-refractivity contribution in [1.82, 2.24) is 10.3 Å². The van der Waals surface area contributed by atoms with Crippen molar-refractivity contribution in [3.8, 4) is 0 Å². The smallest absolute Gasteiger partial charge is 0.306 e. The molecule has 0 aliphatic heterocycles. The van der Waals surface area contributed by atoms with Gasteiger partial charge in [0.2, 0.25) is 0 Å². The second kappa shape index (κ2) is 5.14. The minimum atomic E-state index is -0.854. The molecule has 114 valence electrons. The molecule has 1 aliphatic rings. The Balaban J connectivity index is 1.78. The van der Waals surface area contributed by atoms with Gasteiger partial charge in [-0.15, -0.1) is 0 Å². The van der Waals surface area contributed by atoms with Crippen LogP contribution in [0.2, 0.25) is 0 Å². The minimum absolute atomic E-state index is 0.0873. The van der Waals surface area contributed by atoms with Crippen molar-refractivity contribution in [2.24, 2.45) is 5.92 Å². The van der Waals surface area contributed by atoms with Crippen LogP contribution in [0.4, 0.5) is 5.69 Å². The number of carbonyl (C=O) groups excluding carboxylic acids is 1.